The van der Waals surface area contributed by atoms with Crippen molar-refractivity contribution in [2.24, 2.45) is 0 Å². The monoisotopic (exact) mass is 305 g/mol. The van der Waals surface area contributed by atoms with E-state index in [2.05, 4.69) is 22.2 Å². The lowest BCUT2D eigenvalue weighted by molar-refractivity contribution is 0.439. The van der Waals surface area contributed by atoms with Crippen LogP contribution in [-0.2, 0) is 6.54 Å². The Morgan fingerprint density at radius 2 is 2.10 bits per heavy atom. The number of aryl methyl sites for hydroxylation is 2. The molecular weight excluding hydrogens is 286 g/mol. The van der Waals surface area contributed by atoms with Gasteiger partial charge in [0.25, 0.3) is 0 Å². The Morgan fingerprint density at radius 3 is 2.81 bits per heavy atom. The smallest absolute Gasteiger partial charge is 0.322 e. The molecule has 0 atom stereocenters. The minimum atomic E-state index is 0.319. The second kappa shape index (κ2) is 7.38. The molecule has 5 heteroatoms. The predicted molar refractivity (Wildman–Crippen MR) is 85.0 cm³/mol. The summed E-state index contributed by atoms with van der Waals surface area (Å²) in [6.07, 6.45) is 2.90. The van der Waals surface area contributed by atoms with Gasteiger partial charge in [-0.2, -0.15) is 4.98 Å². The average molecular weight is 306 g/mol. The van der Waals surface area contributed by atoms with E-state index in [1.807, 2.05) is 32.0 Å². The minimum absolute atomic E-state index is 0.319. The second-order valence-corrected chi connectivity index (χ2v) is 5.38. The van der Waals surface area contributed by atoms with Crippen molar-refractivity contribution in [2.45, 2.75) is 33.7 Å². The van der Waals surface area contributed by atoms with E-state index in [0.29, 0.717) is 16.8 Å². The molecule has 1 N–H and O–H groups in total. The summed E-state index contributed by atoms with van der Waals surface area (Å²) in [5.41, 5.74) is 3.06. The van der Waals surface area contributed by atoms with Crippen LogP contribution >= 0.6 is 11.6 Å². The van der Waals surface area contributed by atoms with Gasteiger partial charge >= 0.3 is 6.01 Å². The molecule has 2 aromatic rings. The van der Waals surface area contributed by atoms with E-state index in [0.717, 1.165) is 36.3 Å². The van der Waals surface area contributed by atoms with Crippen molar-refractivity contribution in [1.29, 1.82) is 0 Å². The molecular formula is C16H20ClN3O. The number of halogens is 1. The van der Waals surface area contributed by atoms with Crippen LogP contribution in [0.3, 0.4) is 0 Å². The zero-order chi connectivity index (χ0) is 15.2. The Labute approximate surface area is 130 Å². The van der Waals surface area contributed by atoms with Crippen LogP contribution in [0.5, 0.6) is 11.8 Å². The summed E-state index contributed by atoms with van der Waals surface area (Å²) in [4.78, 5) is 8.64. The van der Waals surface area contributed by atoms with Crippen LogP contribution in [0.1, 0.15) is 30.2 Å². The molecule has 2 rings (SSSR count). The minimum Gasteiger partial charge on any atom is -0.423 e. The molecule has 0 unspecified atom stereocenters. The summed E-state index contributed by atoms with van der Waals surface area (Å²) in [7, 11) is 0. The number of ether oxygens (including phenoxy) is 1. The third-order valence-electron chi connectivity index (χ3n) is 3.09. The first-order valence-corrected chi connectivity index (χ1v) is 7.45. The van der Waals surface area contributed by atoms with E-state index in [1.54, 1.807) is 6.20 Å². The molecule has 112 valence electrons. The molecule has 0 saturated heterocycles. The number of nitrogens with one attached hydrogen (secondary N) is 1. The predicted octanol–water partition coefficient (Wildman–Crippen LogP) is 4.04. The molecule has 1 aromatic carbocycles. The van der Waals surface area contributed by atoms with Crippen molar-refractivity contribution in [3.8, 4) is 11.8 Å². The maximum Gasteiger partial charge on any atom is 0.322 e. The second-order valence-electron chi connectivity index (χ2n) is 4.98. The van der Waals surface area contributed by atoms with E-state index in [-0.39, 0.29) is 0 Å². The number of hydrogen-bond donors (Lipinski definition) is 1. The molecule has 0 bridgehead atoms. The normalized spacial score (nSPS) is 10.7. The van der Waals surface area contributed by atoms with Crippen LogP contribution < -0.4 is 10.1 Å². The number of benzene rings is 1. The first-order chi connectivity index (χ1) is 10.1. The average Bonchev–Trinajstić information content (AvgIpc) is 2.45. The highest BCUT2D eigenvalue weighted by Gasteiger charge is 2.08. The quantitative estimate of drug-likeness (QED) is 0.818. The SMILES string of the molecule is CCCNCc1cnc(Oc2cc(C)ccc2Cl)nc1C. The Morgan fingerprint density at radius 1 is 1.29 bits per heavy atom. The third-order valence-corrected chi connectivity index (χ3v) is 3.40. The van der Waals surface area contributed by atoms with Gasteiger partial charge in [0.15, 0.2) is 0 Å². The van der Waals surface area contributed by atoms with Crippen molar-refractivity contribution >= 4 is 11.6 Å². The fourth-order valence-corrected chi connectivity index (χ4v) is 2.04. The van der Waals surface area contributed by atoms with Gasteiger partial charge in [-0.05, 0) is 44.5 Å². The number of rotatable bonds is 6. The van der Waals surface area contributed by atoms with Crippen LogP contribution in [0.15, 0.2) is 24.4 Å². The summed E-state index contributed by atoms with van der Waals surface area (Å²) in [6, 6.07) is 5.93. The third kappa shape index (κ3) is 4.41. The Balaban J connectivity index is 2.11. The van der Waals surface area contributed by atoms with E-state index in [9.17, 15) is 0 Å². The highest BCUT2D eigenvalue weighted by Crippen LogP contribution is 2.28. The maximum absolute atomic E-state index is 6.11. The van der Waals surface area contributed by atoms with Gasteiger partial charge in [-0.1, -0.05) is 24.6 Å². The summed E-state index contributed by atoms with van der Waals surface area (Å²) in [5, 5.41) is 3.89. The Hall–Kier alpha value is -1.65. The first-order valence-electron chi connectivity index (χ1n) is 7.07. The molecule has 0 fully saturated rings. The highest BCUT2D eigenvalue weighted by atomic mass is 35.5. The van der Waals surface area contributed by atoms with Crippen LogP contribution in [0.4, 0.5) is 0 Å². The van der Waals surface area contributed by atoms with Crippen molar-refractivity contribution in [3.05, 3.63) is 46.2 Å². The van der Waals surface area contributed by atoms with Crippen molar-refractivity contribution in [1.82, 2.24) is 15.3 Å². The van der Waals surface area contributed by atoms with Gasteiger partial charge in [0, 0.05) is 24.0 Å². The fourth-order valence-electron chi connectivity index (χ4n) is 1.88. The number of aromatic nitrogens is 2. The Kier molecular flexibility index (Phi) is 5.53. The summed E-state index contributed by atoms with van der Waals surface area (Å²) < 4.78 is 5.68. The van der Waals surface area contributed by atoms with Crippen LogP contribution in [0, 0.1) is 13.8 Å². The van der Waals surface area contributed by atoms with Gasteiger partial charge in [-0.15, -0.1) is 0 Å². The van der Waals surface area contributed by atoms with E-state index in [1.165, 1.54) is 0 Å². The molecule has 0 aliphatic rings. The molecule has 0 spiro atoms. The number of hydrogen-bond acceptors (Lipinski definition) is 4. The Bertz CT molecular complexity index is 616. The van der Waals surface area contributed by atoms with Crippen molar-refractivity contribution < 1.29 is 4.74 Å². The standard InChI is InChI=1S/C16H20ClN3O/c1-4-7-18-9-13-10-19-16(20-12(13)3)21-15-8-11(2)5-6-14(15)17/h5-6,8,10,18H,4,7,9H2,1-3H3. The summed E-state index contributed by atoms with van der Waals surface area (Å²) >= 11 is 6.11. The lowest BCUT2D eigenvalue weighted by Crippen LogP contribution is -2.15. The van der Waals surface area contributed by atoms with Crippen molar-refractivity contribution in [2.75, 3.05) is 6.54 Å². The van der Waals surface area contributed by atoms with Crippen LogP contribution in [0.25, 0.3) is 0 Å². The van der Waals surface area contributed by atoms with E-state index < -0.39 is 0 Å². The molecule has 1 heterocycles. The maximum atomic E-state index is 6.11. The zero-order valence-corrected chi connectivity index (χ0v) is 13.4. The molecule has 0 amide bonds. The van der Waals surface area contributed by atoms with Gasteiger partial charge in [-0.25, -0.2) is 4.98 Å². The molecule has 0 aliphatic carbocycles. The fraction of sp³-hybridized carbons (Fsp3) is 0.375. The number of nitrogens with zero attached hydrogens (tertiary/aromatic N) is 2. The molecule has 0 saturated carbocycles. The van der Waals surface area contributed by atoms with Gasteiger partial charge in [-0.3, -0.25) is 0 Å². The highest BCUT2D eigenvalue weighted by molar-refractivity contribution is 6.32. The first kappa shape index (κ1) is 15.7. The zero-order valence-electron chi connectivity index (χ0n) is 12.6. The van der Waals surface area contributed by atoms with Gasteiger partial charge in [0.2, 0.25) is 0 Å². The lowest BCUT2D eigenvalue weighted by atomic mass is 10.2. The molecule has 0 aliphatic heterocycles. The topological polar surface area (TPSA) is 47.0 Å². The summed E-state index contributed by atoms with van der Waals surface area (Å²) in [6.45, 7) is 7.83. The molecule has 21 heavy (non-hydrogen) atoms. The molecule has 1 aromatic heterocycles. The molecule has 4 nitrogen and oxygen atoms in total. The van der Waals surface area contributed by atoms with Crippen molar-refractivity contribution in [3.63, 3.8) is 0 Å². The van der Waals surface area contributed by atoms with E-state index >= 15 is 0 Å². The van der Waals surface area contributed by atoms with Gasteiger partial charge in [0.1, 0.15) is 5.75 Å². The van der Waals surface area contributed by atoms with Gasteiger partial charge < -0.3 is 10.1 Å². The van der Waals surface area contributed by atoms with E-state index in [4.69, 9.17) is 16.3 Å². The lowest BCUT2D eigenvalue weighted by Gasteiger charge is -2.10. The largest absolute Gasteiger partial charge is 0.423 e. The molecule has 0 radical (unpaired) electrons. The van der Waals surface area contributed by atoms with Crippen LogP contribution in [-0.4, -0.2) is 16.5 Å². The summed E-state index contributed by atoms with van der Waals surface area (Å²) in [5.74, 6) is 0.577. The van der Waals surface area contributed by atoms with Crippen LogP contribution in [0.2, 0.25) is 5.02 Å². The van der Waals surface area contributed by atoms with Gasteiger partial charge in [0.05, 0.1) is 5.02 Å².